The molecule has 0 aliphatic heterocycles. The summed E-state index contributed by atoms with van der Waals surface area (Å²) in [6.07, 6.45) is 7.55. The van der Waals surface area contributed by atoms with E-state index >= 15 is 0 Å². The van der Waals surface area contributed by atoms with Crippen molar-refractivity contribution in [1.29, 1.82) is 0 Å². The monoisotopic (exact) mass is 410 g/mol. The first-order valence-electron chi connectivity index (χ1n) is 11.2. The van der Waals surface area contributed by atoms with Gasteiger partial charge in [0.25, 0.3) is 0 Å². The summed E-state index contributed by atoms with van der Waals surface area (Å²) in [5.74, 6) is 4.34. The lowest BCUT2D eigenvalue weighted by molar-refractivity contribution is 0.296. The Hall–Kier alpha value is -2.57. The number of hydrogen-bond acceptors (Lipinski definition) is 4. The van der Waals surface area contributed by atoms with Crippen molar-refractivity contribution in [2.24, 2.45) is 18.0 Å². The number of rotatable bonds is 8. The minimum absolute atomic E-state index is 0.487. The molecule has 2 aromatic rings. The number of hydrogen-bond donors (Lipinski definition) is 2. The lowest BCUT2D eigenvalue weighted by Gasteiger charge is -2.18. The van der Waals surface area contributed by atoms with Crippen LogP contribution in [0.15, 0.2) is 23.2 Å². The topological polar surface area (TPSA) is 76.4 Å². The third-order valence-corrected chi connectivity index (χ3v) is 6.09. The zero-order valence-electron chi connectivity index (χ0n) is 18.4. The highest BCUT2D eigenvalue weighted by Gasteiger charge is 2.22. The van der Waals surface area contributed by atoms with E-state index in [2.05, 4.69) is 46.0 Å². The summed E-state index contributed by atoms with van der Waals surface area (Å²) < 4.78 is 8.13. The second kappa shape index (κ2) is 9.49. The van der Waals surface area contributed by atoms with Crippen molar-refractivity contribution < 1.29 is 4.74 Å². The summed E-state index contributed by atoms with van der Waals surface area (Å²) in [6, 6.07) is 6.89. The minimum atomic E-state index is 0.487. The molecule has 4 rings (SSSR count). The van der Waals surface area contributed by atoms with Crippen LogP contribution >= 0.6 is 0 Å². The van der Waals surface area contributed by atoms with E-state index in [-0.39, 0.29) is 0 Å². The summed E-state index contributed by atoms with van der Waals surface area (Å²) in [7, 11) is 1.99. The molecule has 7 nitrogen and oxygen atoms in total. The maximum Gasteiger partial charge on any atom is 0.192 e. The van der Waals surface area contributed by atoms with Crippen LogP contribution in [0.1, 0.15) is 61.3 Å². The standard InChI is InChI=1S/C23H34N6O/c1-16-8-11-19(21(12-16)30-15-18-9-10-18)13-24-23(26-20-6-4-5-7-20)25-14-22-28-27-17(2)29(22)3/h8,11-12,18,20H,4-7,9-10,13-15H2,1-3H3,(H2,24,25,26). The average Bonchev–Trinajstić information content (AvgIpc) is 3.33. The number of aromatic nitrogens is 3. The van der Waals surface area contributed by atoms with Crippen molar-refractivity contribution in [3.05, 3.63) is 41.0 Å². The molecule has 0 spiro atoms. The van der Waals surface area contributed by atoms with Crippen molar-refractivity contribution in [3.63, 3.8) is 0 Å². The third kappa shape index (κ3) is 5.52. The maximum atomic E-state index is 6.12. The molecule has 1 aromatic heterocycles. The SMILES string of the molecule is Cc1ccc(CN=C(NCc2nnc(C)n2C)NC2CCCC2)c(OCC2CC2)c1. The van der Waals surface area contributed by atoms with Gasteiger partial charge in [0.05, 0.1) is 19.7 Å². The fourth-order valence-electron chi connectivity index (χ4n) is 3.77. The van der Waals surface area contributed by atoms with Gasteiger partial charge in [-0.3, -0.25) is 0 Å². The number of nitrogens with zero attached hydrogens (tertiary/aromatic N) is 4. The van der Waals surface area contributed by atoms with E-state index < -0.39 is 0 Å². The van der Waals surface area contributed by atoms with Gasteiger partial charge in [0.2, 0.25) is 0 Å². The fraction of sp³-hybridized carbons (Fsp3) is 0.609. The van der Waals surface area contributed by atoms with Crippen LogP contribution in [0, 0.1) is 19.8 Å². The maximum absolute atomic E-state index is 6.12. The predicted octanol–water partition coefficient (Wildman–Crippen LogP) is 3.40. The highest BCUT2D eigenvalue weighted by molar-refractivity contribution is 5.80. The Morgan fingerprint density at radius 3 is 2.67 bits per heavy atom. The molecular formula is C23H34N6O. The van der Waals surface area contributed by atoms with E-state index in [0.29, 0.717) is 19.1 Å². The molecule has 30 heavy (non-hydrogen) atoms. The lowest BCUT2D eigenvalue weighted by atomic mass is 10.1. The van der Waals surface area contributed by atoms with Crippen molar-refractivity contribution in [2.75, 3.05) is 6.61 Å². The van der Waals surface area contributed by atoms with Gasteiger partial charge in [0.1, 0.15) is 11.6 Å². The minimum Gasteiger partial charge on any atom is -0.493 e. The van der Waals surface area contributed by atoms with E-state index in [4.69, 9.17) is 9.73 Å². The molecule has 7 heteroatoms. The molecule has 0 bridgehead atoms. The van der Waals surface area contributed by atoms with E-state index in [1.165, 1.54) is 44.1 Å². The Kier molecular flexibility index (Phi) is 6.55. The van der Waals surface area contributed by atoms with Crippen LogP contribution < -0.4 is 15.4 Å². The van der Waals surface area contributed by atoms with Crippen LogP contribution in [0.2, 0.25) is 0 Å². The average molecular weight is 411 g/mol. The molecule has 162 valence electrons. The van der Waals surface area contributed by atoms with Crippen LogP contribution in [0.5, 0.6) is 5.75 Å². The molecule has 1 heterocycles. The highest BCUT2D eigenvalue weighted by atomic mass is 16.5. The molecule has 1 aromatic carbocycles. The highest BCUT2D eigenvalue weighted by Crippen LogP contribution is 2.31. The fourth-order valence-corrected chi connectivity index (χ4v) is 3.77. The van der Waals surface area contributed by atoms with Gasteiger partial charge in [-0.1, -0.05) is 25.0 Å². The van der Waals surface area contributed by atoms with E-state index in [1.54, 1.807) is 0 Å². The molecule has 0 unspecified atom stereocenters. The lowest BCUT2D eigenvalue weighted by Crippen LogP contribution is -2.42. The number of ether oxygens (including phenoxy) is 1. The summed E-state index contributed by atoms with van der Waals surface area (Å²) in [5.41, 5.74) is 2.34. The molecule has 0 saturated heterocycles. The molecule has 2 N–H and O–H groups in total. The van der Waals surface area contributed by atoms with Crippen LogP contribution in [-0.2, 0) is 20.1 Å². The predicted molar refractivity (Wildman–Crippen MR) is 119 cm³/mol. The molecule has 2 saturated carbocycles. The molecule has 2 aliphatic rings. The first-order chi connectivity index (χ1) is 14.6. The Bertz CT molecular complexity index is 880. The summed E-state index contributed by atoms with van der Waals surface area (Å²) in [6.45, 7) is 6.06. The number of guanidine groups is 1. The first-order valence-corrected chi connectivity index (χ1v) is 11.2. The van der Waals surface area contributed by atoms with Gasteiger partial charge < -0.3 is 19.9 Å². The van der Waals surface area contributed by atoms with Gasteiger partial charge in [0.15, 0.2) is 11.8 Å². The van der Waals surface area contributed by atoms with Crippen LogP contribution in [-0.4, -0.2) is 33.4 Å². The van der Waals surface area contributed by atoms with Crippen molar-refractivity contribution in [1.82, 2.24) is 25.4 Å². The Labute approximate surface area is 179 Å². The number of aliphatic imine (C=N–C) groups is 1. The largest absolute Gasteiger partial charge is 0.493 e. The van der Waals surface area contributed by atoms with Gasteiger partial charge in [-0.15, -0.1) is 10.2 Å². The second-order valence-electron chi connectivity index (χ2n) is 8.73. The van der Waals surface area contributed by atoms with Crippen LogP contribution in [0.4, 0.5) is 0 Å². The zero-order valence-corrected chi connectivity index (χ0v) is 18.4. The van der Waals surface area contributed by atoms with E-state index in [0.717, 1.165) is 41.4 Å². The quantitative estimate of drug-likeness (QED) is 0.515. The number of aryl methyl sites for hydroxylation is 2. The van der Waals surface area contributed by atoms with Crippen LogP contribution in [0.25, 0.3) is 0 Å². The summed E-state index contributed by atoms with van der Waals surface area (Å²) in [5, 5.41) is 15.5. The summed E-state index contributed by atoms with van der Waals surface area (Å²) >= 11 is 0. The summed E-state index contributed by atoms with van der Waals surface area (Å²) in [4.78, 5) is 4.90. The van der Waals surface area contributed by atoms with Gasteiger partial charge in [-0.2, -0.15) is 0 Å². The van der Waals surface area contributed by atoms with E-state index in [9.17, 15) is 0 Å². The van der Waals surface area contributed by atoms with Crippen LogP contribution in [0.3, 0.4) is 0 Å². The molecule has 2 fully saturated rings. The Morgan fingerprint density at radius 1 is 1.17 bits per heavy atom. The molecular weight excluding hydrogens is 376 g/mol. The van der Waals surface area contributed by atoms with Crippen molar-refractivity contribution in [2.45, 2.75) is 71.5 Å². The normalized spacial score (nSPS) is 17.4. The molecule has 0 radical (unpaired) electrons. The molecule has 0 amide bonds. The molecule has 2 aliphatic carbocycles. The van der Waals surface area contributed by atoms with E-state index in [1.807, 2.05) is 18.5 Å². The third-order valence-electron chi connectivity index (χ3n) is 6.09. The smallest absolute Gasteiger partial charge is 0.192 e. The zero-order chi connectivity index (χ0) is 20.9. The van der Waals surface area contributed by atoms with Crippen molar-refractivity contribution in [3.8, 4) is 5.75 Å². The van der Waals surface area contributed by atoms with Gasteiger partial charge in [-0.05, 0) is 57.1 Å². The number of nitrogens with one attached hydrogen (secondary N) is 2. The van der Waals surface area contributed by atoms with Crippen molar-refractivity contribution >= 4 is 5.96 Å². The molecule has 0 atom stereocenters. The van der Waals surface area contributed by atoms with Gasteiger partial charge >= 0.3 is 0 Å². The second-order valence-corrected chi connectivity index (χ2v) is 8.73. The van der Waals surface area contributed by atoms with Gasteiger partial charge in [-0.25, -0.2) is 4.99 Å². The Morgan fingerprint density at radius 2 is 1.97 bits per heavy atom. The number of benzene rings is 1. The first kappa shape index (κ1) is 20.7. The van der Waals surface area contributed by atoms with Gasteiger partial charge in [0, 0.05) is 18.7 Å². The Balaban J connectivity index is 1.45.